The summed E-state index contributed by atoms with van der Waals surface area (Å²) in [5.41, 5.74) is 2.12. The fourth-order valence-electron chi connectivity index (χ4n) is 2.99. The van der Waals surface area contributed by atoms with Crippen LogP contribution in [0, 0.1) is 6.92 Å². The van der Waals surface area contributed by atoms with E-state index in [-0.39, 0.29) is 15.3 Å². The van der Waals surface area contributed by atoms with Crippen molar-refractivity contribution < 1.29 is 12.8 Å². The Morgan fingerprint density at radius 2 is 1.73 bits per heavy atom. The van der Waals surface area contributed by atoms with Gasteiger partial charge < -0.3 is 4.42 Å². The number of halogens is 1. The minimum absolute atomic E-state index is 0.00401. The van der Waals surface area contributed by atoms with Crippen LogP contribution in [0.3, 0.4) is 0 Å². The summed E-state index contributed by atoms with van der Waals surface area (Å²) in [6, 6.07) is 20.9. The lowest BCUT2D eigenvalue weighted by Gasteiger charge is -2.08. The van der Waals surface area contributed by atoms with Crippen LogP contribution in [-0.4, -0.2) is 14.7 Å². The zero-order valence-electron chi connectivity index (χ0n) is 16.3. The number of benzene rings is 3. The predicted molar refractivity (Wildman–Crippen MR) is 121 cm³/mol. The SMILES string of the molecule is CSc1cccc(N=c2oc3ccc(Cl)cc3cc2S(=O)(=O)c2ccc(C)cc2)c1. The van der Waals surface area contributed by atoms with Gasteiger partial charge in [0.1, 0.15) is 10.5 Å². The second-order valence-electron chi connectivity index (χ2n) is 6.73. The monoisotopic (exact) mass is 455 g/mol. The summed E-state index contributed by atoms with van der Waals surface area (Å²) < 4.78 is 32.8. The topological polar surface area (TPSA) is 59.6 Å². The zero-order valence-corrected chi connectivity index (χ0v) is 18.7. The molecule has 152 valence electrons. The Kier molecular flexibility index (Phi) is 5.73. The third kappa shape index (κ3) is 4.17. The highest BCUT2D eigenvalue weighted by molar-refractivity contribution is 7.98. The van der Waals surface area contributed by atoms with Crippen LogP contribution < -0.4 is 5.55 Å². The minimum atomic E-state index is -3.86. The fourth-order valence-corrected chi connectivity index (χ4v) is 4.98. The molecule has 30 heavy (non-hydrogen) atoms. The van der Waals surface area contributed by atoms with E-state index in [1.807, 2.05) is 37.4 Å². The predicted octanol–water partition coefficient (Wildman–Crippen LogP) is 6.18. The van der Waals surface area contributed by atoms with Crippen LogP contribution in [0.2, 0.25) is 5.02 Å². The standard InChI is InChI=1S/C23H18ClNO3S2/c1-15-6-9-20(10-7-15)30(26,27)22-13-16-12-17(24)8-11-21(16)28-23(22)25-18-4-3-5-19(14-18)29-2/h3-14H,1-2H3. The van der Waals surface area contributed by atoms with Crippen molar-refractivity contribution in [1.82, 2.24) is 0 Å². The summed E-state index contributed by atoms with van der Waals surface area (Å²) >= 11 is 7.69. The summed E-state index contributed by atoms with van der Waals surface area (Å²) in [6.45, 7) is 1.91. The van der Waals surface area contributed by atoms with Crippen molar-refractivity contribution in [2.75, 3.05) is 6.26 Å². The zero-order chi connectivity index (χ0) is 21.3. The lowest BCUT2D eigenvalue weighted by Crippen LogP contribution is -2.15. The number of hydrogen-bond donors (Lipinski definition) is 0. The average molecular weight is 456 g/mol. The highest BCUT2D eigenvalue weighted by Crippen LogP contribution is 2.26. The van der Waals surface area contributed by atoms with Crippen molar-refractivity contribution in [2.45, 2.75) is 21.6 Å². The van der Waals surface area contributed by atoms with Gasteiger partial charge in [-0.25, -0.2) is 13.4 Å². The number of nitrogens with zero attached hydrogens (tertiary/aromatic N) is 1. The molecule has 4 nitrogen and oxygen atoms in total. The minimum Gasteiger partial charge on any atom is -0.437 e. The maximum Gasteiger partial charge on any atom is 0.239 e. The molecule has 0 saturated heterocycles. The Labute approximate surface area is 184 Å². The summed E-state index contributed by atoms with van der Waals surface area (Å²) in [5.74, 6) is 0. The largest absolute Gasteiger partial charge is 0.437 e. The molecular formula is C23H18ClNO3S2. The van der Waals surface area contributed by atoms with Crippen LogP contribution in [0.15, 0.2) is 96.9 Å². The first-order chi connectivity index (χ1) is 14.4. The molecule has 0 N–H and O–H groups in total. The van der Waals surface area contributed by atoms with E-state index in [1.165, 1.54) is 0 Å². The third-order valence-electron chi connectivity index (χ3n) is 4.58. The van der Waals surface area contributed by atoms with Gasteiger partial charge in [0, 0.05) is 15.3 Å². The number of sulfone groups is 1. The van der Waals surface area contributed by atoms with Crippen LogP contribution in [0.4, 0.5) is 5.69 Å². The number of hydrogen-bond acceptors (Lipinski definition) is 5. The smallest absolute Gasteiger partial charge is 0.239 e. The van der Waals surface area contributed by atoms with Gasteiger partial charge in [0.2, 0.25) is 15.4 Å². The van der Waals surface area contributed by atoms with Crippen LogP contribution >= 0.6 is 23.4 Å². The second kappa shape index (κ2) is 8.30. The lowest BCUT2D eigenvalue weighted by molar-refractivity contribution is 0.517. The first kappa shape index (κ1) is 20.7. The molecule has 0 aliphatic heterocycles. The van der Waals surface area contributed by atoms with Crippen LogP contribution in [0.25, 0.3) is 11.0 Å². The van der Waals surface area contributed by atoms with E-state index in [0.29, 0.717) is 21.7 Å². The quantitative estimate of drug-likeness (QED) is 0.344. The molecule has 0 fully saturated rings. The molecule has 0 bridgehead atoms. The molecule has 4 aromatic rings. The van der Waals surface area contributed by atoms with Crippen molar-refractivity contribution >= 4 is 49.9 Å². The fraction of sp³-hybridized carbons (Fsp3) is 0.0870. The molecule has 1 aromatic heterocycles. The Morgan fingerprint density at radius 1 is 0.967 bits per heavy atom. The Bertz CT molecular complexity index is 1410. The first-order valence-corrected chi connectivity index (χ1v) is 12.2. The molecule has 0 spiro atoms. The summed E-state index contributed by atoms with van der Waals surface area (Å²) in [5, 5.41) is 1.08. The molecule has 4 rings (SSSR count). The maximum absolute atomic E-state index is 13.5. The second-order valence-corrected chi connectivity index (χ2v) is 9.96. The molecule has 3 aromatic carbocycles. The van der Waals surface area contributed by atoms with E-state index < -0.39 is 9.84 Å². The van der Waals surface area contributed by atoms with Crippen molar-refractivity contribution in [2.24, 2.45) is 4.99 Å². The number of rotatable bonds is 4. The van der Waals surface area contributed by atoms with Gasteiger partial charge in [-0.1, -0.05) is 35.4 Å². The van der Waals surface area contributed by atoms with Crippen LogP contribution in [0.1, 0.15) is 5.56 Å². The Hall–Kier alpha value is -2.54. The van der Waals surface area contributed by atoms with E-state index in [4.69, 9.17) is 16.0 Å². The van der Waals surface area contributed by atoms with Gasteiger partial charge in [-0.05, 0) is 67.8 Å². The van der Waals surface area contributed by atoms with Gasteiger partial charge in [0.25, 0.3) is 0 Å². The molecular weight excluding hydrogens is 438 g/mol. The first-order valence-electron chi connectivity index (χ1n) is 9.11. The van der Waals surface area contributed by atoms with Crippen molar-refractivity contribution in [3.8, 4) is 0 Å². The third-order valence-corrected chi connectivity index (χ3v) is 7.31. The van der Waals surface area contributed by atoms with Crippen molar-refractivity contribution in [1.29, 1.82) is 0 Å². The summed E-state index contributed by atoms with van der Waals surface area (Å²) in [4.78, 5) is 5.74. The Balaban J connectivity index is 2.02. The van der Waals surface area contributed by atoms with Gasteiger partial charge in [-0.3, -0.25) is 0 Å². The van der Waals surface area contributed by atoms with E-state index in [0.717, 1.165) is 10.5 Å². The van der Waals surface area contributed by atoms with E-state index >= 15 is 0 Å². The Morgan fingerprint density at radius 3 is 2.47 bits per heavy atom. The average Bonchev–Trinajstić information content (AvgIpc) is 2.74. The van der Waals surface area contributed by atoms with Gasteiger partial charge in [-0.2, -0.15) is 0 Å². The highest BCUT2D eigenvalue weighted by atomic mass is 35.5. The number of thioether (sulfide) groups is 1. The number of aryl methyl sites for hydroxylation is 1. The lowest BCUT2D eigenvalue weighted by atomic mass is 10.2. The van der Waals surface area contributed by atoms with Gasteiger partial charge in [0.05, 0.1) is 10.6 Å². The highest BCUT2D eigenvalue weighted by Gasteiger charge is 2.22. The molecule has 0 unspecified atom stereocenters. The molecule has 0 atom stereocenters. The van der Waals surface area contributed by atoms with Gasteiger partial charge >= 0.3 is 0 Å². The van der Waals surface area contributed by atoms with Crippen LogP contribution in [0.5, 0.6) is 0 Å². The molecule has 1 heterocycles. The van der Waals surface area contributed by atoms with E-state index in [1.54, 1.807) is 60.3 Å². The molecule has 0 aliphatic carbocycles. The van der Waals surface area contributed by atoms with E-state index in [2.05, 4.69) is 4.99 Å². The van der Waals surface area contributed by atoms with Gasteiger partial charge in [-0.15, -0.1) is 11.8 Å². The van der Waals surface area contributed by atoms with Crippen LogP contribution in [-0.2, 0) is 9.84 Å². The van der Waals surface area contributed by atoms with Crippen molar-refractivity contribution in [3.05, 3.63) is 88.9 Å². The summed E-state index contributed by atoms with van der Waals surface area (Å²) in [6.07, 6.45) is 1.97. The molecule has 0 saturated carbocycles. The molecule has 0 radical (unpaired) electrons. The van der Waals surface area contributed by atoms with Crippen molar-refractivity contribution in [3.63, 3.8) is 0 Å². The summed E-state index contributed by atoms with van der Waals surface area (Å²) in [7, 11) is -3.86. The molecule has 0 aliphatic rings. The normalized spacial score (nSPS) is 12.4. The maximum atomic E-state index is 13.5. The molecule has 7 heteroatoms. The number of fused-ring (bicyclic) bond motifs is 1. The van der Waals surface area contributed by atoms with Gasteiger partial charge in [0.15, 0.2) is 0 Å². The van der Waals surface area contributed by atoms with E-state index in [9.17, 15) is 8.42 Å². The molecule has 0 amide bonds.